The van der Waals surface area contributed by atoms with Gasteiger partial charge < -0.3 is 9.47 Å². The highest BCUT2D eigenvalue weighted by molar-refractivity contribution is 5.79. The molecular formula is C12H17NO3. The number of benzene rings is 1. The molecule has 2 N–H and O–H groups in total. The van der Waals surface area contributed by atoms with Crippen LogP contribution < -0.4 is 10.5 Å². The molecule has 0 aliphatic carbocycles. The highest BCUT2D eigenvalue weighted by Crippen LogP contribution is 2.19. The summed E-state index contributed by atoms with van der Waals surface area (Å²) in [6.07, 6.45) is 1.15. The van der Waals surface area contributed by atoms with E-state index in [1.807, 2.05) is 25.1 Å². The molecule has 1 aromatic rings. The maximum atomic E-state index is 11.6. The zero-order valence-electron chi connectivity index (χ0n) is 9.60. The van der Waals surface area contributed by atoms with Crippen molar-refractivity contribution in [1.29, 1.82) is 0 Å². The summed E-state index contributed by atoms with van der Waals surface area (Å²) in [5.74, 6) is 0.00190. The van der Waals surface area contributed by atoms with E-state index in [1.54, 1.807) is 12.1 Å². The summed E-state index contributed by atoms with van der Waals surface area (Å²) in [4.78, 5) is 11.6. The SMILES string of the molecule is CCCC(N)(Oc1ccccc1)C(=O)OC. The third-order valence-corrected chi connectivity index (χ3v) is 2.20. The van der Waals surface area contributed by atoms with E-state index in [1.165, 1.54) is 7.11 Å². The summed E-state index contributed by atoms with van der Waals surface area (Å²) < 4.78 is 10.1. The summed E-state index contributed by atoms with van der Waals surface area (Å²) in [6.45, 7) is 1.93. The number of para-hydroxylation sites is 1. The lowest BCUT2D eigenvalue weighted by Crippen LogP contribution is -2.53. The Hall–Kier alpha value is -1.55. The fourth-order valence-electron chi connectivity index (χ4n) is 1.44. The first-order valence-corrected chi connectivity index (χ1v) is 5.23. The minimum atomic E-state index is -1.40. The molecule has 88 valence electrons. The molecular weight excluding hydrogens is 206 g/mol. The first-order chi connectivity index (χ1) is 7.62. The van der Waals surface area contributed by atoms with Crippen LogP contribution in [0.5, 0.6) is 5.75 Å². The van der Waals surface area contributed by atoms with Crippen molar-refractivity contribution in [3.05, 3.63) is 30.3 Å². The van der Waals surface area contributed by atoms with E-state index < -0.39 is 11.7 Å². The Balaban J connectivity index is 2.83. The van der Waals surface area contributed by atoms with Crippen molar-refractivity contribution in [3.8, 4) is 5.75 Å². The Morgan fingerprint density at radius 2 is 2.00 bits per heavy atom. The van der Waals surface area contributed by atoms with E-state index in [-0.39, 0.29) is 0 Å². The zero-order valence-corrected chi connectivity index (χ0v) is 9.60. The van der Waals surface area contributed by atoms with Gasteiger partial charge in [0.25, 0.3) is 5.72 Å². The lowest BCUT2D eigenvalue weighted by atomic mass is 10.1. The number of carbonyl (C=O) groups excluding carboxylic acids is 1. The van der Waals surface area contributed by atoms with Gasteiger partial charge in [0.05, 0.1) is 7.11 Å². The monoisotopic (exact) mass is 223 g/mol. The van der Waals surface area contributed by atoms with Crippen LogP contribution in [0, 0.1) is 0 Å². The molecule has 0 fully saturated rings. The summed E-state index contributed by atoms with van der Waals surface area (Å²) in [5, 5.41) is 0. The predicted octanol–water partition coefficient (Wildman–Crippen LogP) is 1.69. The first kappa shape index (κ1) is 12.5. The van der Waals surface area contributed by atoms with Crippen LogP contribution in [-0.2, 0) is 9.53 Å². The van der Waals surface area contributed by atoms with Crippen molar-refractivity contribution < 1.29 is 14.3 Å². The van der Waals surface area contributed by atoms with Crippen LogP contribution in [0.4, 0.5) is 0 Å². The lowest BCUT2D eigenvalue weighted by molar-refractivity contribution is -0.159. The second-order valence-corrected chi connectivity index (χ2v) is 3.55. The van der Waals surface area contributed by atoms with Gasteiger partial charge >= 0.3 is 5.97 Å². The Labute approximate surface area is 95.3 Å². The topological polar surface area (TPSA) is 61.5 Å². The van der Waals surface area contributed by atoms with Gasteiger partial charge in [-0.25, -0.2) is 4.79 Å². The third kappa shape index (κ3) is 2.97. The van der Waals surface area contributed by atoms with E-state index in [0.29, 0.717) is 12.2 Å². The molecule has 0 heterocycles. The van der Waals surface area contributed by atoms with Crippen molar-refractivity contribution >= 4 is 5.97 Å². The van der Waals surface area contributed by atoms with Gasteiger partial charge in [0, 0.05) is 6.42 Å². The molecule has 16 heavy (non-hydrogen) atoms. The second kappa shape index (κ2) is 5.51. The van der Waals surface area contributed by atoms with E-state index in [2.05, 4.69) is 4.74 Å². The minimum Gasteiger partial charge on any atom is -0.465 e. The van der Waals surface area contributed by atoms with Crippen molar-refractivity contribution in [3.63, 3.8) is 0 Å². The number of hydrogen-bond acceptors (Lipinski definition) is 4. The molecule has 0 aromatic heterocycles. The quantitative estimate of drug-likeness (QED) is 0.609. The average molecular weight is 223 g/mol. The standard InChI is InChI=1S/C12H17NO3/c1-3-9-12(13,11(14)15-2)16-10-7-5-4-6-8-10/h4-8H,3,9,13H2,1-2H3. The second-order valence-electron chi connectivity index (χ2n) is 3.55. The van der Waals surface area contributed by atoms with Gasteiger partial charge in [-0.05, 0) is 12.1 Å². The van der Waals surface area contributed by atoms with Gasteiger partial charge in [0.15, 0.2) is 0 Å². The Morgan fingerprint density at radius 3 is 2.50 bits per heavy atom. The van der Waals surface area contributed by atoms with Gasteiger partial charge in [0.2, 0.25) is 0 Å². The maximum absolute atomic E-state index is 11.6. The number of rotatable bonds is 5. The number of esters is 1. The molecule has 0 radical (unpaired) electrons. The van der Waals surface area contributed by atoms with Gasteiger partial charge in [-0.15, -0.1) is 0 Å². The summed E-state index contributed by atoms with van der Waals surface area (Å²) >= 11 is 0. The molecule has 0 aliphatic rings. The van der Waals surface area contributed by atoms with Gasteiger partial charge in [0.1, 0.15) is 5.75 Å². The van der Waals surface area contributed by atoms with E-state index in [9.17, 15) is 4.79 Å². The van der Waals surface area contributed by atoms with Crippen LogP contribution >= 0.6 is 0 Å². The molecule has 1 rings (SSSR count). The summed E-state index contributed by atoms with van der Waals surface area (Å²) in [5.41, 5.74) is 4.50. The number of ether oxygens (including phenoxy) is 2. The van der Waals surface area contributed by atoms with Crippen LogP contribution in [0.25, 0.3) is 0 Å². The molecule has 4 heteroatoms. The van der Waals surface area contributed by atoms with Gasteiger partial charge in [-0.1, -0.05) is 31.5 Å². The molecule has 0 bridgehead atoms. The Morgan fingerprint density at radius 1 is 1.38 bits per heavy atom. The Bertz CT molecular complexity index is 339. The van der Waals surface area contributed by atoms with Gasteiger partial charge in [-0.3, -0.25) is 5.73 Å². The highest BCUT2D eigenvalue weighted by Gasteiger charge is 2.36. The largest absolute Gasteiger partial charge is 0.465 e. The molecule has 0 saturated carbocycles. The zero-order chi connectivity index (χ0) is 12.0. The molecule has 4 nitrogen and oxygen atoms in total. The molecule has 0 amide bonds. The number of carbonyl (C=O) groups is 1. The predicted molar refractivity (Wildman–Crippen MR) is 60.9 cm³/mol. The summed E-state index contributed by atoms with van der Waals surface area (Å²) in [7, 11) is 1.30. The average Bonchev–Trinajstić information content (AvgIpc) is 2.29. The number of methoxy groups -OCH3 is 1. The molecule has 1 atom stereocenters. The number of hydrogen-bond donors (Lipinski definition) is 1. The normalized spacial score (nSPS) is 13.9. The Kier molecular flexibility index (Phi) is 4.31. The smallest absolute Gasteiger partial charge is 0.365 e. The van der Waals surface area contributed by atoms with Crippen LogP contribution in [0.3, 0.4) is 0 Å². The first-order valence-electron chi connectivity index (χ1n) is 5.23. The number of nitrogens with two attached hydrogens (primary N) is 1. The lowest BCUT2D eigenvalue weighted by Gasteiger charge is -2.27. The van der Waals surface area contributed by atoms with Crippen LogP contribution in [0.1, 0.15) is 19.8 Å². The van der Waals surface area contributed by atoms with E-state index in [0.717, 1.165) is 6.42 Å². The fourth-order valence-corrected chi connectivity index (χ4v) is 1.44. The molecule has 1 unspecified atom stereocenters. The van der Waals surface area contributed by atoms with Crippen molar-refractivity contribution in [2.24, 2.45) is 5.73 Å². The van der Waals surface area contributed by atoms with Crippen LogP contribution in [0.2, 0.25) is 0 Å². The minimum absolute atomic E-state index is 0.411. The fraction of sp³-hybridized carbons (Fsp3) is 0.417. The third-order valence-electron chi connectivity index (χ3n) is 2.20. The summed E-state index contributed by atoms with van der Waals surface area (Å²) in [6, 6.07) is 9.00. The van der Waals surface area contributed by atoms with Crippen LogP contribution in [0.15, 0.2) is 30.3 Å². The van der Waals surface area contributed by atoms with Crippen molar-refractivity contribution in [2.75, 3.05) is 7.11 Å². The van der Waals surface area contributed by atoms with E-state index >= 15 is 0 Å². The molecule has 0 saturated heterocycles. The van der Waals surface area contributed by atoms with E-state index in [4.69, 9.17) is 10.5 Å². The van der Waals surface area contributed by atoms with Crippen molar-refractivity contribution in [2.45, 2.75) is 25.5 Å². The van der Waals surface area contributed by atoms with Crippen LogP contribution in [-0.4, -0.2) is 18.8 Å². The molecule has 1 aromatic carbocycles. The molecule has 0 spiro atoms. The van der Waals surface area contributed by atoms with Gasteiger partial charge in [-0.2, -0.15) is 0 Å². The van der Waals surface area contributed by atoms with Crippen molar-refractivity contribution in [1.82, 2.24) is 0 Å². The molecule has 0 aliphatic heterocycles. The highest BCUT2D eigenvalue weighted by atomic mass is 16.6. The maximum Gasteiger partial charge on any atom is 0.365 e.